The van der Waals surface area contributed by atoms with Crippen molar-refractivity contribution in [2.24, 2.45) is 0 Å². The van der Waals surface area contributed by atoms with Gasteiger partial charge in [-0.25, -0.2) is 18.8 Å². The van der Waals surface area contributed by atoms with Gasteiger partial charge in [0.15, 0.2) is 11.5 Å². The topological polar surface area (TPSA) is 84.2 Å². The molecule has 6 nitrogen and oxygen atoms in total. The van der Waals surface area contributed by atoms with Crippen molar-refractivity contribution in [2.45, 2.75) is 11.3 Å². The predicted molar refractivity (Wildman–Crippen MR) is 82.5 cm³/mol. The molecule has 0 bridgehead atoms. The van der Waals surface area contributed by atoms with Crippen molar-refractivity contribution in [3.63, 3.8) is 0 Å². The lowest BCUT2D eigenvalue weighted by molar-refractivity contribution is 0.504. The number of hydrogen-bond acceptors (Lipinski definition) is 5. The van der Waals surface area contributed by atoms with Crippen LogP contribution >= 0.6 is 0 Å². The van der Waals surface area contributed by atoms with Gasteiger partial charge < -0.3 is 4.42 Å². The smallest absolute Gasteiger partial charge is 0.253 e. The molecule has 0 fully saturated rings. The van der Waals surface area contributed by atoms with Crippen LogP contribution in [0.3, 0.4) is 0 Å². The molecule has 3 aromatic rings. The van der Waals surface area contributed by atoms with Gasteiger partial charge in [-0.1, -0.05) is 30.3 Å². The van der Waals surface area contributed by atoms with Gasteiger partial charge in [-0.2, -0.15) is 0 Å². The number of para-hydroxylation sites is 2. The summed E-state index contributed by atoms with van der Waals surface area (Å²) < 4.78 is 29.5. The number of benzene rings is 2. The first-order valence-corrected chi connectivity index (χ1v) is 8.28. The Morgan fingerprint density at radius 3 is 2.50 bits per heavy atom. The number of rotatable bonds is 6. The Kier molecular flexibility index (Phi) is 4.19. The molecule has 7 heteroatoms. The van der Waals surface area contributed by atoms with E-state index < -0.39 is 10.0 Å². The minimum Gasteiger partial charge on any atom is -0.441 e. The molecular formula is C15H15N3O3S. The number of oxazole rings is 1. The van der Waals surface area contributed by atoms with Gasteiger partial charge in [-0.05, 0) is 24.3 Å². The highest BCUT2D eigenvalue weighted by molar-refractivity contribution is 7.89. The summed E-state index contributed by atoms with van der Waals surface area (Å²) in [5.41, 5.74) is 4.20. The van der Waals surface area contributed by atoms with Crippen LogP contribution in [0.2, 0.25) is 0 Å². The van der Waals surface area contributed by atoms with Crippen LogP contribution in [0, 0.1) is 0 Å². The number of sulfonamides is 1. The summed E-state index contributed by atoms with van der Waals surface area (Å²) in [4.78, 5) is 6.87. The third-order valence-corrected chi connectivity index (χ3v) is 4.37. The molecule has 1 heterocycles. The van der Waals surface area contributed by atoms with Crippen LogP contribution in [-0.2, 0) is 16.4 Å². The summed E-state index contributed by atoms with van der Waals surface area (Å²) in [7, 11) is -3.55. The molecule has 2 aromatic carbocycles. The second-order valence-corrected chi connectivity index (χ2v) is 6.35. The normalized spacial score (nSPS) is 11.8. The zero-order chi connectivity index (χ0) is 15.4. The van der Waals surface area contributed by atoms with Gasteiger partial charge in [0.05, 0.1) is 4.90 Å². The average Bonchev–Trinajstić information content (AvgIpc) is 2.95. The Hall–Kier alpha value is -2.22. The van der Waals surface area contributed by atoms with Crippen molar-refractivity contribution in [3.05, 3.63) is 60.5 Å². The third kappa shape index (κ3) is 3.33. The molecule has 3 rings (SSSR count). The standard InChI is InChI=1S/C15H15N3O3S/c19-22(20,12-6-2-1-3-7-12)18-16-11-10-15-17-13-8-4-5-9-14(13)21-15/h1-9,16,18H,10-11H2. The molecule has 0 atom stereocenters. The molecule has 0 radical (unpaired) electrons. The fourth-order valence-electron chi connectivity index (χ4n) is 2.00. The molecule has 0 saturated carbocycles. The quantitative estimate of drug-likeness (QED) is 0.535. The largest absolute Gasteiger partial charge is 0.441 e. The highest BCUT2D eigenvalue weighted by atomic mass is 32.2. The van der Waals surface area contributed by atoms with Crippen molar-refractivity contribution in [1.82, 2.24) is 15.2 Å². The van der Waals surface area contributed by atoms with E-state index in [0.717, 1.165) is 11.1 Å². The molecule has 0 aliphatic heterocycles. The Balaban J connectivity index is 1.55. The fraction of sp³-hybridized carbons (Fsp3) is 0.133. The average molecular weight is 317 g/mol. The van der Waals surface area contributed by atoms with Gasteiger partial charge in [-0.15, -0.1) is 4.83 Å². The molecule has 0 aliphatic rings. The summed E-state index contributed by atoms with van der Waals surface area (Å²) in [6, 6.07) is 15.7. The zero-order valence-electron chi connectivity index (χ0n) is 11.7. The lowest BCUT2D eigenvalue weighted by Crippen LogP contribution is -2.38. The van der Waals surface area contributed by atoms with Crippen LogP contribution in [0.25, 0.3) is 11.1 Å². The maximum absolute atomic E-state index is 12.0. The lowest BCUT2D eigenvalue weighted by Gasteiger charge is -2.07. The molecule has 0 spiro atoms. The van der Waals surface area contributed by atoms with Gasteiger partial charge in [0.25, 0.3) is 10.0 Å². The maximum atomic E-state index is 12.0. The molecule has 1 aromatic heterocycles. The number of aromatic nitrogens is 1. The number of nitrogens with one attached hydrogen (secondary N) is 2. The summed E-state index contributed by atoms with van der Waals surface area (Å²) in [6.07, 6.45) is 0.478. The van der Waals surface area contributed by atoms with E-state index in [9.17, 15) is 8.42 Å². The molecular weight excluding hydrogens is 302 g/mol. The summed E-state index contributed by atoms with van der Waals surface area (Å²) >= 11 is 0. The van der Waals surface area contributed by atoms with Crippen molar-refractivity contribution >= 4 is 21.1 Å². The SMILES string of the molecule is O=S(=O)(NNCCc1nc2ccccc2o1)c1ccccc1. The molecule has 0 saturated heterocycles. The van der Waals surface area contributed by atoms with E-state index >= 15 is 0 Å². The Labute approximate surface area is 128 Å². The van der Waals surface area contributed by atoms with Gasteiger partial charge in [0, 0.05) is 13.0 Å². The van der Waals surface area contributed by atoms with Gasteiger partial charge in [0.2, 0.25) is 0 Å². The minimum absolute atomic E-state index is 0.212. The number of nitrogens with zero attached hydrogens (tertiary/aromatic N) is 1. The molecule has 0 unspecified atom stereocenters. The monoisotopic (exact) mass is 317 g/mol. The number of hydrazine groups is 1. The van der Waals surface area contributed by atoms with Crippen LogP contribution in [-0.4, -0.2) is 19.9 Å². The van der Waals surface area contributed by atoms with Gasteiger partial charge in [-0.3, -0.25) is 0 Å². The van der Waals surface area contributed by atoms with Crippen LogP contribution in [0.15, 0.2) is 63.9 Å². The summed E-state index contributed by atoms with van der Waals surface area (Å²) in [5.74, 6) is 0.563. The Morgan fingerprint density at radius 1 is 1.00 bits per heavy atom. The summed E-state index contributed by atoms with van der Waals surface area (Å²) in [6.45, 7) is 0.374. The maximum Gasteiger partial charge on any atom is 0.253 e. The van der Waals surface area contributed by atoms with E-state index in [-0.39, 0.29) is 4.90 Å². The number of hydrogen-bond donors (Lipinski definition) is 2. The third-order valence-electron chi connectivity index (χ3n) is 3.06. The van der Waals surface area contributed by atoms with Crippen LogP contribution in [0.1, 0.15) is 5.89 Å². The first-order chi connectivity index (χ1) is 10.6. The predicted octanol–water partition coefficient (Wildman–Crippen LogP) is 1.85. The van der Waals surface area contributed by atoms with Crippen molar-refractivity contribution in [2.75, 3.05) is 6.54 Å². The van der Waals surface area contributed by atoms with E-state index in [4.69, 9.17) is 4.42 Å². The highest BCUT2D eigenvalue weighted by Crippen LogP contribution is 2.14. The minimum atomic E-state index is -3.55. The summed E-state index contributed by atoms with van der Waals surface area (Å²) in [5, 5.41) is 0. The second-order valence-electron chi connectivity index (χ2n) is 4.67. The Bertz CT molecular complexity index is 827. The van der Waals surface area contributed by atoms with Crippen LogP contribution in [0.4, 0.5) is 0 Å². The van der Waals surface area contributed by atoms with Crippen molar-refractivity contribution < 1.29 is 12.8 Å². The second kappa shape index (κ2) is 6.27. The van der Waals surface area contributed by atoms with Gasteiger partial charge in [0.1, 0.15) is 5.52 Å². The molecule has 114 valence electrons. The Morgan fingerprint density at radius 2 is 1.73 bits per heavy atom. The molecule has 0 amide bonds. The fourth-order valence-corrected chi connectivity index (χ4v) is 2.93. The molecule has 22 heavy (non-hydrogen) atoms. The van der Waals surface area contributed by atoms with E-state index in [1.165, 1.54) is 12.1 Å². The van der Waals surface area contributed by atoms with Crippen molar-refractivity contribution in [3.8, 4) is 0 Å². The van der Waals surface area contributed by atoms with E-state index in [1.807, 2.05) is 24.3 Å². The molecule has 0 aliphatic carbocycles. The first kappa shape index (κ1) is 14.7. The lowest BCUT2D eigenvalue weighted by atomic mass is 10.3. The van der Waals surface area contributed by atoms with Crippen LogP contribution < -0.4 is 10.3 Å². The first-order valence-electron chi connectivity index (χ1n) is 6.79. The van der Waals surface area contributed by atoms with Crippen molar-refractivity contribution in [1.29, 1.82) is 0 Å². The van der Waals surface area contributed by atoms with Gasteiger partial charge >= 0.3 is 0 Å². The highest BCUT2D eigenvalue weighted by Gasteiger charge is 2.12. The number of fused-ring (bicyclic) bond motifs is 1. The van der Waals surface area contributed by atoms with Crippen LogP contribution in [0.5, 0.6) is 0 Å². The van der Waals surface area contributed by atoms with E-state index in [0.29, 0.717) is 18.9 Å². The van der Waals surface area contributed by atoms with E-state index in [1.54, 1.807) is 18.2 Å². The zero-order valence-corrected chi connectivity index (χ0v) is 12.5. The molecule has 2 N–H and O–H groups in total. The van der Waals surface area contributed by atoms with E-state index in [2.05, 4.69) is 15.2 Å².